The van der Waals surface area contributed by atoms with Crippen LogP contribution in [0, 0.1) is 5.41 Å². The molecule has 2 amide bonds. The lowest BCUT2D eigenvalue weighted by Gasteiger charge is -2.44. The third kappa shape index (κ3) is 6.03. The minimum Gasteiger partial charge on any atom is -0.508 e. The number of piperidine rings is 2. The normalized spacial score (nSPS) is 23.4. The Morgan fingerprint density at radius 2 is 1.85 bits per heavy atom. The first-order valence-corrected chi connectivity index (χ1v) is 13.7. The van der Waals surface area contributed by atoms with Crippen molar-refractivity contribution in [3.05, 3.63) is 59.7 Å². The molecule has 208 valence electrons. The van der Waals surface area contributed by atoms with Gasteiger partial charge in [-0.3, -0.25) is 19.8 Å². The number of hydrogen-bond donors (Lipinski definition) is 2. The maximum absolute atomic E-state index is 13.5. The topological polar surface area (TPSA) is 108 Å². The molecule has 1 atom stereocenters. The summed E-state index contributed by atoms with van der Waals surface area (Å²) in [7, 11) is 0. The maximum Gasteiger partial charge on any atom is 0.411 e. The standard InChI is InChI=1S/C30H37N3O6/c1-29(2)19-30(27(36)39-29)13-6-14-33(20-30)22-11-15-32(16-12-22)26(35)24-17-23(34)9-10-25(24)31-28(37)38-18-21-7-4-3-5-8-21/h3-5,7-10,17,22,34H,6,11-16,18-20H2,1-2H3,(H,31,37). The number of ether oxygens (including phenoxy) is 2. The van der Waals surface area contributed by atoms with E-state index < -0.39 is 17.1 Å². The van der Waals surface area contributed by atoms with E-state index >= 15 is 0 Å². The summed E-state index contributed by atoms with van der Waals surface area (Å²) in [5.41, 5.74) is 0.518. The number of carbonyl (C=O) groups excluding carboxylic acids is 3. The zero-order valence-electron chi connectivity index (χ0n) is 22.7. The van der Waals surface area contributed by atoms with Crippen molar-refractivity contribution < 1.29 is 29.0 Å². The number of anilines is 1. The number of nitrogens with one attached hydrogen (secondary N) is 1. The molecule has 3 saturated heterocycles. The van der Waals surface area contributed by atoms with Gasteiger partial charge in [-0.1, -0.05) is 30.3 Å². The van der Waals surface area contributed by atoms with Gasteiger partial charge >= 0.3 is 12.1 Å². The highest BCUT2D eigenvalue weighted by Gasteiger charge is 2.54. The minimum absolute atomic E-state index is 0.0542. The van der Waals surface area contributed by atoms with E-state index in [4.69, 9.17) is 9.47 Å². The first-order chi connectivity index (χ1) is 18.6. The van der Waals surface area contributed by atoms with Crippen LogP contribution >= 0.6 is 0 Å². The number of carbonyl (C=O) groups is 3. The molecule has 1 spiro atoms. The second-order valence-electron chi connectivity index (χ2n) is 11.6. The van der Waals surface area contributed by atoms with Gasteiger partial charge in [-0.15, -0.1) is 0 Å². The van der Waals surface area contributed by atoms with Crippen LogP contribution in [0.5, 0.6) is 5.75 Å². The first-order valence-electron chi connectivity index (χ1n) is 13.7. The van der Waals surface area contributed by atoms with Gasteiger partial charge in [-0.25, -0.2) is 4.79 Å². The van der Waals surface area contributed by atoms with Crippen molar-refractivity contribution in [1.29, 1.82) is 0 Å². The number of amides is 2. The van der Waals surface area contributed by atoms with E-state index in [0.717, 1.165) is 44.2 Å². The SMILES string of the molecule is CC1(C)CC2(CCCN(C3CCN(C(=O)c4cc(O)ccc4NC(=O)OCc4ccccc4)CC3)C2)C(=O)O1. The number of esters is 1. The number of likely N-dealkylation sites (tertiary alicyclic amines) is 2. The van der Waals surface area contributed by atoms with E-state index in [1.165, 1.54) is 18.2 Å². The number of aromatic hydroxyl groups is 1. The highest BCUT2D eigenvalue weighted by molar-refractivity contribution is 6.03. The summed E-state index contributed by atoms with van der Waals surface area (Å²) in [5, 5.41) is 12.7. The fraction of sp³-hybridized carbons (Fsp3) is 0.500. The monoisotopic (exact) mass is 535 g/mol. The molecule has 5 rings (SSSR count). The van der Waals surface area contributed by atoms with Gasteiger partial charge in [0.15, 0.2) is 0 Å². The smallest absolute Gasteiger partial charge is 0.411 e. The molecule has 3 aliphatic heterocycles. The Morgan fingerprint density at radius 1 is 1.10 bits per heavy atom. The quantitative estimate of drug-likeness (QED) is 0.427. The molecule has 0 aromatic heterocycles. The van der Waals surface area contributed by atoms with Gasteiger partial charge in [0.05, 0.1) is 16.7 Å². The van der Waals surface area contributed by atoms with Crippen molar-refractivity contribution >= 4 is 23.7 Å². The molecule has 2 aromatic carbocycles. The number of nitrogens with zero attached hydrogens (tertiary/aromatic N) is 2. The van der Waals surface area contributed by atoms with Gasteiger partial charge in [0, 0.05) is 32.1 Å². The van der Waals surface area contributed by atoms with Crippen molar-refractivity contribution in [2.24, 2.45) is 5.41 Å². The second-order valence-corrected chi connectivity index (χ2v) is 11.6. The van der Waals surface area contributed by atoms with Gasteiger partial charge < -0.3 is 19.5 Å². The average molecular weight is 536 g/mol. The minimum atomic E-state index is -0.676. The third-order valence-electron chi connectivity index (χ3n) is 8.12. The molecular formula is C30H37N3O6. The van der Waals surface area contributed by atoms with Crippen LogP contribution in [0.25, 0.3) is 0 Å². The zero-order valence-corrected chi connectivity index (χ0v) is 22.7. The molecule has 39 heavy (non-hydrogen) atoms. The molecule has 0 radical (unpaired) electrons. The van der Waals surface area contributed by atoms with Gasteiger partial charge in [0.2, 0.25) is 0 Å². The van der Waals surface area contributed by atoms with Gasteiger partial charge in [0.1, 0.15) is 18.0 Å². The molecule has 2 aromatic rings. The van der Waals surface area contributed by atoms with Crippen molar-refractivity contribution in [3.8, 4) is 5.75 Å². The predicted molar refractivity (Wildman–Crippen MR) is 145 cm³/mol. The van der Waals surface area contributed by atoms with Gasteiger partial charge in [-0.2, -0.15) is 0 Å². The van der Waals surface area contributed by atoms with Crippen molar-refractivity contribution in [3.63, 3.8) is 0 Å². The highest BCUT2D eigenvalue weighted by atomic mass is 16.6. The van der Waals surface area contributed by atoms with Gasteiger partial charge in [-0.05, 0) is 69.8 Å². The summed E-state index contributed by atoms with van der Waals surface area (Å²) in [5.74, 6) is -0.378. The molecule has 3 fully saturated rings. The predicted octanol–water partition coefficient (Wildman–Crippen LogP) is 4.55. The van der Waals surface area contributed by atoms with E-state index in [1.807, 2.05) is 44.2 Å². The highest BCUT2D eigenvalue weighted by Crippen LogP contribution is 2.46. The van der Waals surface area contributed by atoms with Crippen molar-refractivity contribution in [1.82, 2.24) is 9.80 Å². The molecule has 9 nitrogen and oxygen atoms in total. The molecule has 0 bridgehead atoms. The number of phenolic OH excluding ortho intramolecular Hbond substituents is 1. The molecule has 3 aliphatic rings. The van der Waals surface area contributed by atoms with Crippen LogP contribution in [0.3, 0.4) is 0 Å². The fourth-order valence-corrected chi connectivity index (χ4v) is 6.36. The Morgan fingerprint density at radius 3 is 2.54 bits per heavy atom. The molecule has 3 heterocycles. The first kappa shape index (κ1) is 27.0. The summed E-state index contributed by atoms with van der Waals surface area (Å²) in [6, 6.07) is 13.9. The van der Waals surface area contributed by atoms with Crippen LogP contribution in [0.2, 0.25) is 0 Å². The third-order valence-corrected chi connectivity index (χ3v) is 8.12. The Bertz CT molecular complexity index is 1220. The lowest BCUT2D eigenvalue weighted by Crippen LogP contribution is -2.53. The molecule has 0 aliphatic carbocycles. The Labute approximate surface area is 229 Å². The average Bonchev–Trinajstić information content (AvgIpc) is 3.15. The largest absolute Gasteiger partial charge is 0.508 e. The van der Waals surface area contributed by atoms with E-state index in [9.17, 15) is 19.5 Å². The van der Waals surface area contributed by atoms with E-state index in [0.29, 0.717) is 25.3 Å². The van der Waals surface area contributed by atoms with Crippen LogP contribution in [-0.4, -0.2) is 70.7 Å². The second kappa shape index (κ2) is 10.9. The van der Waals surface area contributed by atoms with Crippen LogP contribution in [-0.2, 0) is 20.9 Å². The number of benzene rings is 2. The molecule has 1 unspecified atom stereocenters. The summed E-state index contributed by atoms with van der Waals surface area (Å²) in [6.45, 7) is 6.83. The maximum atomic E-state index is 13.5. The number of hydrogen-bond acceptors (Lipinski definition) is 7. The van der Waals surface area contributed by atoms with E-state index in [2.05, 4.69) is 10.2 Å². The van der Waals surface area contributed by atoms with Crippen LogP contribution in [0.15, 0.2) is 48.5 Å². The number of cyclic esters (lactones) is 1. The Kier molecular flexibility index (Phi) is 7.53. The molecular weight excluding hydrogens is 498 g/mol. The van der Waals surface area contributed by atoms with E-state index in [1.54, 1.807) is 4.90 Å². The molecule has 9 heteroatoms. The van der Waals surface area contributed by atoms with Crippen LogP contribution < -0.4 is 5.32 Å². The number of rotatable bonds is 5. The van der Waals surface area contributed by atoms with Crippen LogP contribution in [0.1, 0.15) is 61.9 Å². The van der Waals surface area contributed by atoms with Crippen molar-refractivity contribution in [2.45, 2.75) is 64.2 Å². The zero-order chi connectivity index (χ0) is 27.6. The summed E-state index contributed by atoms with van der Waals surface area (Å²) in [4.78, 5) is 42.9. The Hall–Kier alpha value is -3.59. The van der Waals surface area contributed by atoms with Crippen molar-refractivity contribution in [2.75, 3.05) is 31.5 Å². The summed E-state index contributed by atoms with van der Waals surface area (Å²) in [6.07, 6.45) is 3.48. The lowest BCUT2D eigenvalue weighted by molar-refractivity contribution is -0.154. The number of phenols is 1. The summed E-state index contributed by atoms with van der Waals surface area (Å²) >= 11 is 0. The summed E-state index contributed by atoms with van der Waals surface area (Å²) < 4.78 is 11.0. The lowest BCUT2D eigenvalue weighted by atomic mass is 9.74. The van der Waals surface area contributed by atoms with Crippen LogP contribution in [0.4, 0.5) is 10.5 Å². The molecule has 0 saturated carbocycles. The molecule has 2 N–H and O–H groups in total. The fourth-order valence-electron chi connectivity index (χ4n) is 6.36. The Balaban J connectivity index is 1.19. The van der Waals surface area contributed by atoms with E-state index in [-0.39, 0.29) is 35.8 Å². The van der Waals surface area contributed by atoms with Gasteiger partial charge in [0.25, 0.3) is 5.91 Å².